The summed E-state index contributed by atoms with van der Waals surface area (Å²) < 4.78 is 7.31. The number of pyridine rings is 1. The highest BCUT2D eigenvalue weighted by Crippen LogP contribution is 2.35. The van der Waals surface area contributed by atoms with E-state index < -0.39 is 0 Å². The van der Waals surface area contributed by atoms with Gasteiger partial charge in [-0.3, -0.25) is 4.79 Å². The Labute approximate surface area is 185 Å². The van der Waals surface area contributed by atoms with E-state index in [9.17, 15) is 9.90 Å². The number of morpholine rings is 1. The molecule has 1 aromatic carbocycles. The average Bonchev–Trinajstić information content (AvgIpc) is 3.44. The number of aliphatic hydroxyl groups is 1. The van der Waals surface area contributed by atoms with E-state index in [1.165, 1.54) is 11.8 Å². The van der Waals surface area contributed by atoms with Crippen LogP contribution >= 0.6 is 11.8 Å². The molecule has 2 unspecified atom stereocenters. The topological polar surface area (TPSA) is 80.5 Å². The summed E-state index contributed by atoms with van der Waals surface area (Å²) in [5, 5.41) is 14.3. The van der Waals surface area contributed by atoms with Gasteiger partial charge in [-0.05, 0) is 35.4 Å². The molecular weight excluding hydrogens is 412 g/mol. The third-order valence-corrected chi connectivity index (χ3v) is 6.85. The molecule has 0 saturated carbocycles. The van der Waals surface area contributed by atoms with E-state index >= 15 is 0 Å². The van der Waals surface area contributed by atoms with Crippen molar-refractivity contribution in [2.24, 2.45) is 0 Å². The van der Waals surface area contributed by atoms with Crippen molar-refractivity contribution < 1.29 is 14.6 Å². The lowest BCUT2D eigenvalue weighted by molar-refractivity contribution is -0.110. The molecule has 0 aliphatic carbocycles. The van der Waals surface area contributed by atoms with Gasteiger partial charge in [0.1, 0.15) is 0 Å². The molecule has 1 fully saturated rings. The number of hydrogen-bond donors (Lipinski definition) is 1. The number of benzene rings is 1. The summed E-state index contributed by atoms with van der Waals surface area (Å²) in [7, 11) is 0. The molecule has 2 aliphatic heterocycles. The molecule has 31 heavy (non-hydrogen) atoms. The van der Waals surface area contributed by atoms with Crippen LogP contribution in [0, 0.1) is 0 Å². The molecule has 2 atom stereocenters. The number of ether oxygens (including phenoxy) is 1. The molecule has 8 heteroatoms. The van der Waals surface area contributed by atoms with Crippen molar-refractivity contribution in [2.45, 2.75) is 30.3 Å². The highest BCUT2D eigenvalue weighted by molar-refractivity contribution is 8.14. The number of hydrogen-bond acceptors (Lipinski definition) is 7. The predicted octanol–water partition coefficient (Wildman–Crippen LogP) is 2.79. The number of rotatable bonds is 5. The zero-order chi connectivity index (χ0) is 21.4. The molecule has 0 spiro atoms. The third kappa shape index (κ3) is 4.11. The summed E-state index contributed by atoms with van der Waals surface area (Å²) in [6, 6.07) is 12.3. The number of nitrogens with zero attached hydrogens (tertiary/aromatic N) is 4. The minimum absolute atomic E-state index is 0.0233. The van der Waals surface area contributed by atoms with Crippen molar-refractivity contribution in [2.75, 3.05) is 31.2 Å². The Morgan fingerprint density at radius 2 is 2.19 bits per heavy atom. The van der Waals surface area contributed by atoms with Gasteiger partial charge in [0.15, 0.2) is 10.9 Å². The summed E-state index contributed by atoms with van der Waals surface area (Å²) in [5.41, 5.74) is 4.24. The van der Waals surface area contributed by atoms with Gasteiger partial charge in [0.05, 0.1) is 36.9 Å². The van der Waals surface area contributed by atoms with Gasteiger partial charge in [-0.1, -0.05) is 30.8 Å². The fourth-order valence-corrected chi connectivity index (χ4v) is 4.97. The Bertz CT molecular complexity index is 1100. The molecule has 1 saturated heterocycles. The Morgan fingerprint density at radius 1 is 1.29 bits per heavy atom. The van der Waals surface area contributed by atoms with Crippen molar-refractivity contribution >= 4 is 22.6 Å². The largest absolute Gasteiger partial charge is 0.394 e. The van der Waals surface area contributed by atoms with Gasteiger partial charge in [0.2, 0.25) is 0 Å². The van der Waals surface area contributed by atoms with Crippen LogP contribution < -0.4 is 4.90 Å². The molecule has 7 nitrogen and oxygen atoms in total. The first-order valence-corrected chi connectivity index (χ1v) is 11.3. The summed E-state index contributed by atoms with van der Waals surface area (Å²) in [6.45, 7) is 4.19. The molecule has 2 aliphatic rings. The maximum Gasteiger partial charge on any atom is 0.198 e. The van der Waals surface area contributed by atoms with Crippen LogP contribution in [-0.4, -0.2) is 57.4 Å². The van der Waals surface area contributed by atoms with E-state index in [2.05, 4.69) is 35.0 Å². The maximum atomic E-state index is 11.7. The van der Waals surface area contributed by atoms with Crippen molar-refractivity contribution in [3.63, 3.8) is 0 Å². The fraction of sp³-hybridized carbons (Fsp3) is 0.348. The average molecular weight is 437 g/mol. The SMILES string of the molecule is CC(c1ccc2c(c1)SC(=O)C2)c1ccn(-c2ccc(N3CCOC(CO)C3)cn2)n1. The van der Waals surface area contributed by atoms with Crippen LogP contribution in [0.3, 0.4) is 0 Å². The Balaban J connectivity index is 1.31. The van der Waals surface area contributed by atoms with Gasteiger partial charge >= 0.3 is 0 Å². The van der Waals surface area contributed by atoms with Crippen LogP contribution in [0.1, 0.15) is 29.7 Å². The number of anilines is 1. The van der Waals surface area contributed by atoms with Crippen molar-refractivity contribution in [1.82, 2.24) is 14.8 Å². The quantitative estimate of drug-likeness (QED) is 0.659. The second-order valence-electron chi connectivity index (χ2n) is 7.92. The second-order valence-corrected chi connectivity index (χ2v) is 9.02. The van der Waals surface area contributed by atoms with Crippen LogP contribution in [-0.2, 0) is 16.0 Å². The first-order chi connectivity index (χ1) is 15.1. The summed E-state index contributed by atoms with van der Waals surface area (Å²) >= 11 is 1.33. The van der Waals surface area contributed by atoms with Gasteiger partial charge in [0.25, 0.3) is 0 Å². The predicted molar refractivity (Wildman–Crippen MR) is 119 cm³/mol. The minimum Gasteiger partial charge on any atom is -0.394 e. The number of carbonyl (C=O) groups excluding carboxylic acids is 1. The molecule has 1 N–H and O–H groups in total. The fourth-order valence-electron chi connectivity index (χ4n) is 4.03. The number of aromatic nitrogens is 3. The Kier molecular flexibility index (Phi) is 5.52. The second kappa shape index (κ2) is 8.45. The first kappa shape index (κ1) is 20.2. The summed E-state index contributed by atoms with van der Waals surface area (Å²) in [6.07, 6.45) is 4.14. The lowest BCUT2D eigenvalue weighted by Gasteiger charge is -2.33. The number of aliphatic hydroxyl groups excluding tert-OH is 1. The molecule has 160 valence electrons. The highest BCUT2D eigenvalue weighted by Gasteiger charge is 2.22. The van der Waals surface area contributed by atoms with Crippen LogP contribution in [0.25, 0.3) is 5.82 Å². The number of thioether (sulfide) groups is 1. The van der Waals surface area contributed by atoms with Gasteiger partial charge in [-0.15, -0.1) is 0 Å². The first-order valence-electron chi connectivity index (χ1n) is 10.4. The third-order valence-electron chi connectivity index (χ3n) is 5.88. The van der Waals surface area contributed by atoms with Gasteiger partial charge in [-0.25, -0.2) is 9.67 Å². The molecular formula is C23H24N4O3S. The van der Waals surface area contributed by atoms with Gasteiger partial charge in [-0.2, -0.15) is 5.10 Å². The van der Waals surface area contributed by atoms with Crippen LogP contribution in [0.15, 0.2) is 53.7 Å². The molecule has 0 bridgehead atoms. The number of carbonyl (C=O) groups is 1. The zero-order valence-electron chi connectivity index (χ0n) is 17.3. The van der Waals surface area contributed by atoms with E-state index in [-0.39, 0.29) is 23.7 Å². The monoisotopic (exact) mass is 436 g/mol. The van der Waals surface area contributed by atoms with E-state index in [4.69, 9.17) is 9.84 Å². The highest BCUT2D eigenvalue weighted by atomic mass is 32.2. The minimum atomic E-state index is -0.153. The van der Waals surface area contributed by atoms with Crippen LogP contribution in [0.4, 0.5) is 5.69 Å². The lowest BCUT2D eigenvalue weighted by atomic mass is 9.96. The lowest BCUT2D eigenvalue weighted by Crippen LogP contribution is -2.44. The standard InChI is InChI=1S/C23H24N4O3S/c1-15(16-2-3-17-11-23(29)31-21(17)10-16)20-6-7-27(25-20)22-5-4-18(12-24-22)26-8-9-30-19(13-26)14-28/h2-7,10,12,15,19,28H,8-9,11,13-14H2,1H3. The summed E-state index contributed by atoms with van der Waals surface area (Å²) in [5.74, 6) is 0.871. The molecule has 3 aromatic rings. The summed E-state index contributed by atoms with van der Waals surface area (Å²) in [4.78, 5) is 19.5. The Hall–Kier alpha value is -2.68. The number of fused-ring (bicyclic) bond motifs is 1. The molecule has 4 heterocycles. The van der Waals surface area contributed by atoms with Crippen LogP contribution in [0.5, 0.6) is 0 Å². The zero-order valence-corrected chi connectivity index (χ0v) is 18.1. The van der Waals surface area contributed by atoms with E-state index in [0.29, 0.717) is 19.6 Å². The van der Waals surface area contributed by atoms with Crippen LogP contribution in [0.2, 0.25) is 0 Å². The molecule has 0 radical (unpaired) electrons. The van der Waals surface area contributed by atoms with Gasteiger partial charge < -0.3 is 14.7 Å². The maximum absolute atomic E-state index is 11.7. The van der Waals surface area contributed by atoms with Crippen molar-refractivity contribution in [3.05, 3.63) is 65.6 Å². The molecule has 0 amide bonds. The molecule has 2 aromatic heterocycles. The van der Waals surface area contributed by atoms with E-state index in [1.807, 2.05) is 30.6 Å². The smallest absolute Gasteiger partial charge is 0.198 e. The Morgan fingerprint density at radius 3 is 3.00 bits per heavy atom. The molecule has 5 rings (SSSR count). The van der Waals surface area contributed by atoms with Gasteiger partial charge in [0, 0.05) is 36.5 Å². The normalized spacial score (nSPS) is 19.5. The van der Waals surface area contributed by atoms with Crippen molar-refractivity contribution in [3.8, 4) is 5.82 Å². The van der Waals surface area contributed by atoms with E-state index in [1.54, 1.807) is 4.68 Å². The van der Waals surface area contributed by atoms with Crippen molar-refractivity contribution in [1.29, 1.82) is 0 Å². The van der Waals surface area contributed by atoms with E-state index in [0.717, 1.165) is 39.8 Å².